The molecule has 1 unspecified atom stereocenters. The zero-order valence-corrected chi connectivity index (χ0v) is 11.7. The Morgan fingerprint density at radius 2 is 2.06 bits per heavy atom. The van der Waals surface area contributed by atoms with E-state index in [1.807, 2.05) is 0 Å². The first-order chi connectivity index (χ1) is 8.68. The molecule has 1 saturated heterocycles. The van der Waals surface area contributed by atoms with Gasteiger partial charge >= 0.3 is 0 Å². The first kappa shape index (κ1) is 13.4. The van der Waals surface area contributed by atoms with Crippen LogP contribution in [0.4, 0.5) is 0 Å². The summed E-state index contributed by atoms with van der Waals surface area (Å²) in [5.74, 6) is 1.06. The molecule has 0 spiro atoms. The molecule has 1 atom stereocenters. The lowest BCUT2D eigenvalue weighted by Gasteiger charge is -2.33. The molecule has 1 fully saturated rings. The van der Waals surface area contributed by atoms with Gasteiger partial charge in [0.15, 0.2) is 0 Å². The summed E-state index contributed by atoms with van der Waals surface area (Å²) in [6, 6.07) is 6.90. The molecule has 1 aliphatic heterocycles. The van der Waals surface area contributed by atoms with Crippen molar-refractivity contribution in [3.8, 4) is 5.75 Å². The summed E-state index contributed by atoms with van der Waals surface area (Å²) < 4.78 is 5.96. The van der Waals surface area contributed by atoms with Crippen LogP contribution >= 0.6 is 0 Å². The third-order valence-electron chi connectivity index (χ3n) is 3.67. The van der Waals surface area contributed by atoms with Gasteiger partial charge in [0, 0.05) is 32.2 Å². The van der Waals surface area contributed by atoms with Crippen LogP contribution in [0.15, 0.2) is 18.2 Å². The molecule has 0 aromatic heterocycles. The summed E-state index contributed by atoms with van der Waals surface area (Å²) in [6.07, 6.45) is 0. The molecule has 0 radical (unpaired) electrons. The molecule has 1 aromatic rings. The standard InChI is InChI=1S/C15H24N2O/c1-12-5-4-6-13(2)15(12)18-10-9-17-8-7-16-11-14(17)3/h4-6,14,16H,7-11H2,1-3H3. The molecule has 1 aliphatic rings. The molecule has 3 nitrogen and oxygen atoms in total. The number of nitrogens with zero attached hydrogens (tertiary/aromatic N) is 1. The van der Waals surface area contributed by atoms with Crippen LogP contribution < -0.4 is 10.1 Å². The molecule has 1 heterocycles. The Morgan fingerprint density at radius 3 is 2.72 bits per heavy atom. The molecule has 0 saturated carbocycles. The van der Waals surface area contributed by atoms with Gasteiger partial charge in [0.25, 0.3) is 0 Å². The van der Waals surface area contributed by atoms with Crippen molar-refractivity contribution in [2.75, 3.05) is 32.8 Å². The van der Waals surface area contributed by atoms with Crippen molar-refractivity contribution in [3.05, 3.63) is 29.3 Å². The minimum absolute atomic E-state index is 0.611. The first-order valence-electron chi connectivity index (χ1n) is 6.82. The Balaban J connectivity index is 1.84. The van der Waals surface area contributed by atoms with E-state index < -0.39 is 0 Å². The first-order valence-corrected chi connectivity index (χ1v) is 6.82. The van der Waals surface area contributed by atoms with Gasteiger partial charge in [-0.3, -0.25) is 4.90 Å². The van der Waals surface area contributed by atoms with Gasteiger partial charge < -0.3 is 10.1 Å². The summed E-state index contributed by atoms with van der Waals surface area (Å²) in [5, 5.41) is 3.41. The van der Waals surface area contributed by atoms with Crippen LogP contribution in [0.1, 0.15) is 18.1 Å². The second-order valence-electron chi connectivity index (χ2n) is 5.16. The van der Waals surface area contributed by atoms with E-state index in [9.17, 15) is 0 Å². The topological polar surface area (TPSA) is 24.5 Å². The van der Waals surface area contributed by atoms with Gasteiger partial charge in [0.2, 0.25) is 0 Å². The number of hydrogen-bond acceptors (Lipinski definition) is 3. The highest BCUT2D eigenvalue weighted by atomic mass is 16.5. The maximum absolute atomic E-state index is 5.96. The maximum Gasteiger partial charge on any atom is 0.125 e. The monoisotopic (exact) mass is 248 g/mol. The van der Waals surface area contributed by atoms with Gasteiger partial charge in [-0.1, -0.05) is 18.2 Å². The molecule has 18 heavy (non-hydrogen) atoms. The van der Waals surface area contributed by atoms with Gasteiger partial charge in [0.1, 0.15) is 12.4 Å². The SMILES string of the molecule is Cc1cccc(C)c1OCCN1CCNCC1C. The average Bonchev–Trinajstić information content (AvgIpc) is 2.35. The number of rotatable bonds is 4. The fourth-order valence-electron chi connectivity index (χ4n) is 2.51. The molecule has 100 valence electrons. The molecule has 0 aliphatic carbocycles. The third-order valence-corrected chi connectivity index (χ3v) is 3.67. The summed E-state index contributed by atoms with van der Waals surface area (Å²) in [5.41, 5.74) is 2.45. The molecule has 1 aromatic carbocycles. The zero-order chi connectivity index (χ0) is 13.0. The van der Waals surface area contributed by atoms with Gasteiger partial charge in [-0.25, -0.2) is 0 Å². The van der Waals surface area contributed by atoms with Gasteiger partial charge in [0.05, 0.1) is 0 Å². The van der Waals surface area contributed by atoms with E-state index in [2.05, 4.69) is 49.2 Å². The van der Waals surface area contributed by atoms with Crippen LogP contribution in [0.2, 0.25) is 0 Å². The molecule has 3 heteroatoms. The van der Waals surface area contributed by atoms with Crippen molar-refractivity contribution < 1.29 is 4.74 Å². The van der Waals surface area contributed by atoms with Crippen molar-refractivity contribution in [2.24, 2.45) is 0 Å². The minimum atomic E-state index is 0.611. The van der Waals surface area contributed by atoms with Crippen molar-refractivity contribution in [1.82, 2.24) is 10.2 Å². The highest BCUT2D eigenvalue weighted by Gasteiger charge is 2.17. The van der Waals surface area contributed by atoms with E-state index in [1.165, 1.54) is 11.1 Å². The second kappa shape index (κ2) is 6.21. The summed E-state index contributed by atoms with van der Waals surface area (Å²) in [6.45, 7) is 11.6. The summed E-state index contributed by atoms with van der Waals surface area (Å²) in [7, 11) is 0. The largest absolute Gasteiger partial charge is 0.492 e. The average molecular weight is 248 g/mol. The Labute approximate surface area is 110 Å². The van der Waals surface area contributed by atoms with Crippen molar-refractivity contribution in [1.29, 1.82) is 0 Å². The third kappa shape index (κ3) is 3.24. The number of nitrogens with one attached hydrogen (secondary N) is 1. The number of ether oxygens (including phenoxy) is 1. The number of para-hydroxylation sites is 1. The van der Waals surface area contributed by atoms with E-state index >= 15 is 0 Å². The Morgan fingerprint density at radius 1 is 1.33 bits per heavy atom. The summed E-state index contributed by atoms with van der Waals surface area (Å²) >= 11 is 0. The predicted molar refractivity (Wildman–Crippen MR) is 75.3 cm³/mol. The minimum Gasteiger partial charge on any atom is -0.492 e. The van der Waals surface area contributed by atoms with E-state index in [-0.39, 0.29) is 0 Å². The lowest BCUT2D eigenvalue weighted by Crippen LogP contribution is -2.50. The molecular formula is C15H24N2O. The van der Waals surface area contributed by atoms with E-state index in [0.717, 1.165) is 38.5 Å². The van der Waals surface area contributed by atoms with E-state index in [0.29, 0.717) is 6.04 Å². The fourth-order valence-corrected chi connectivity index (χ4v) is 2.51. The van der Waals surface area contributed by atoms with Crippen LogP contribution in [0, 0.1) is 13.8 Å². The van der Waals surface area contributed by atoms with Crippen LogP contribution in [-0.2, 0) is 0 Å². The molecular weight excluding hydrogens is 224 g/mol. The quantitative estimate of drug-likeness (QED) is 0.882. The van der Waals surface area contributed by atoms with E-state index in [1.54, 1.807) is 0 Å². The molecule has 0 bridgehead atoms. The van der Waals surface area contributed by atoms with Crippen molar-refractivity contribution in [3.63, 3.8) is 0 Å². The normalized spacial score (nSPS) is 20.9. The van der Waals surface area contributed by atoms with Crippen molar-refractivity contribution >= 4 is 0 Å². The fraction of sp³-hybridized carbons (Fsp3) is 0.600. The van der Waals surface area contributed by atoms with Crippen LogP contribution in [0.3, 0.4) is 0 Å². The van der Waals surface area contributed by atoms with Crippen LogP contribution in [0.25, 0.3) is 0 Å². The second-order valence-corrected chi connectivity index (χ2v) is 5.16. The smallest absolute Gasteiger partial charge is 0.125 e. The lowest BCUT2D eigenvalue weighted by molar-refractivity contribution is 0.143. The van der Waals surface area contributed by atoms with Crippen LogP contribution in [0.5, 0.6) is 5.75 Å². The van der Waals surface area contributed by atoms with Crippen LogP contribution in [-0.4, -0.2) is 43.7 Å². The Hall–Kier alpha value is -1.06. The molecule has 1 N–H and O–H groups in total. The van der Waals surface area contributed by atoms with Gasteiger partial charge in [-0.2, -0.15) is 0 Å². The lowest BCUT2D eigenvalue weighted by atomic mass is 10.1. The summed E-state index contributed by atoms with van der Waals surface area (Å²) in [4.78, 5) is 2.49. The maximum atomic E-state index is 5.96. The number of aryl methyl sites for hydroxylation is 2. The number of hydrogen-bond donors (Lipinski definition) is 1. The molecule has 2 rings (SSSR count). The Kier molecular flexibility index (Phi) is 4.61. The molecule has 0 amide bonds. The van der Waals surface area contributed by atoms with Gasteiger partial charge in [-0.05, 0) is 31.9 Å². The Bertz CT molecular complexity index is 372. The highest BCUT2D eigenvalue weighted by molar-refractivity contribution is 5.39. The van der Waals surface area contributed by atoms with E-state index in [4.69, 9.17) is 4.74 Å². The van der Waals surface area contributed by atoms with Crippen molar-refractivity contribution in [2.45, 2.75) is 26.8 Å². The zero-order valence-electron chi connectivity index (χ0n) is 11.7. The van der Waals surface area contributed by atoms with Gasteiger partial charge in [-0.15, -0.1) is 0 Å². The number of piperazine rings is 1. The highest BCUT2D eigenvalue weighted by Crippen LogP contribution is 2.22. The number of benzene rings is 1. The predicted octanol–water partition coefficient (Wildman–Crippen LogP) is 1.98.